The standard InChI is InChI=1S/C16H19BrFN3/c1-10(2)16-19-14(17)9-15(20-16)21(4)11(3)12-7-5-6-8-13(12)18/h5-11H,1-4H3. The molecule has 0 saturated carbocycles. The van der Waals surface area contributed by atoms with E-state index in [0.29, 0.717) is 5.56 Å². The van der Waals surface area contributed by atoms with Gasteiger partial charge in [0.05, 0.1) is 6.04 Å². The molecule has 0 aliphatic carbocycles. The van der Waals surface area contributed by atoms with E-state index in [9.17, 15) is 4.39 Å². The quantitative estimate of drug-likeness (QED) is 0.747. The Labute approximate surface area is 133 Å². The molecule has 2 aromatic rings. The van der Waals surface area contributed by atoms with Crippen LogP contribution >= 0.6 is 15.9 Å². The van der Waals surface area contributed by atoms with Crippen LogP contribution in [0.15, 0.2) is 34.9 Å². The number of aromatic nitrogens is 2. The van der Waals surface area contributed by atoms with Crippen LogP contribution in [0.3, 0.4) is 0 Å². The van der Waals surface area contributed by atoms with E-state index >= 15 is 0 Å². The highest BCUT2D eigenvalue weighted by Gasteiger charge is 2.18. The SMILES string of the molecule is CC(C)c1nc(Br)cc(N(C)C(C)c2ccccc2F)n1. The lowest BCUT2D eigenvalue weighted by Crippen LogP contribution is -2.24. The molecule has 0 fully saturated rings. The van der Waals surface area contributed by atoms with Gasteiger partial charge in [-0.25, -0.2) is 14.4 Å². The molecule has 1 aromatic carbocycles. The highest BCUT2D eigenvalue weighted by atomic mass is 79.9. The summed E-state index contributed by atoms with van der Waals surface area (Å²) in [6.45, 7) is 6.06. The van der Waals surface area contributed by atoms with Crippen molar-refractivity contribution in [3.05, 3.63) is 52.1 Å². The van der Waals surface area contributed by atoms with Crippen molar-refractivity contribution in [3.8, 4) is 0 Å². The average molecular weight is 352 g/mol. The minimum Gasteiger partial charge on any atom is -0.353 e. The molecule has 0 radical (unpaired) electrons. The van der Waals surface area contributed by atoms with Crippen LogP contribution < -0.4 is 4.90 Å². The molecule has 21 heavy (non-hydrogen) atoms. The Morgan fingerprint density at radius 2 is 1.81 bits per heavy atom. The maximum atomic E-state index is 13.9. The molecule has 0 amide bonds. The average Bonchev–Trinajstić information content (AvgIpc) is 2.45. The zero-order valence-corrected chi connectivity index (χ0v) is 14.2. The van der Waals surface area contributed by atoms with Gasteiger partial charge in [0.25, 0.3) is 0 Å². The molecule has 5 heteroatoms. The van der Waals surface area contributed by atoms with Gasteiger partial charge in [0.15, 0.2) is 0 Å². The summed E-state index contributed by atoms with van der Waals surface area (Å²) in [6.07, 6.45) is 0. The molecule has 1 atom stereocenters. The van der Waals surface area contributed by atoms with Crippen LogP contribution in [0.4, 0.5) is 10.2 Å². The predicted molar refractivity (Wildman–Crippen MR) is 87.0 cm³/mol. The van der Waals surface area contributed by atoms with Crippen LogP contribution in [0.2, 0.25) is 0 Å². The van der Waals surface area contributed by atoms with Gasteiger partial charge in [0.2, 0.25) is 0 Å². The van der Waals surface area contributed by atoms with E-state index < -0.39 is 0 Å². The molecule has 3 nitrogen and oxygen atoms in total. The molecule has 0 aliphatic heterocycles. The summed E-state index contributed by atoms with van der Waals surface area (Å²) >= 11 is 3.42. The molecule has 0 saturated heterocycles. The highest BCUT2D eigenvalue weighted by molar-refractivity contribution is 9.10. The highest BCUT2D eigenvalue weighted by Crippen LogP contribution is 2.28. The van der Waals surface area contributed by atoms with Gasteiger partial charge in [-0.3, -0.25) is 0 Å². The van der Waals surface area contributed by atoms with Gasteiger partial charge in [0.1, 0.15) is 22.1 Å². The van der Waals surface area contributed by atoms with Crippen molar-refractivity contribution in [2.45, 2.75) is 32.7 Å². The van der Waals surface area contributed by atoms with Crippen LogP contribution in [0.5, 0.6) is 0 Å². The van der Waals surface area contributed by atoms with Crippen molar-refractivity contribution in [1.82, 2.24) is 9.97 Å². The van der Waals surface area contributed by atoms with E-state index in [1.807, 2.05) is 44.9 Å². The Bertz CT molecular complexity index is 631. The monoisotopic (exact) mass is 351 g/mol. The molecule has 0 bridgehead atoms. The summed E-state index contributed by atoms with van der Waals surface area (Å²) in [4.78, 5) is 10.9. The Kier molecular flexibility index (Phi) is 4.93. The third-order valence-electron chi connectivity index (χ3n) is 3.51. The van der Waals surface area contributed by atoms with E-state index in [1.54, 1.807) is 12.1 Å². The van der Waals surface area contributed by atoms with Crippen molar-refractivity contribution in [1.29, 1.82) is 0 Å². The first-order valence-electron chi connectivity index (χ1n) is 6.92. The second-order valence-electron chi connectivity index (χ2n) is 5.37. The van der Waals surface area contributed by atoms with Crippen LogP contribution in [0.25, 0.3) is 0 Å². The largest absolute Gasteiger partial charge is 0.353 e. The summed E-state index contributed by atoms with van der Waals surface area (Å²) in [5.74, 6) is 1.58. The van der Waals surface area contributed by atoms with Gasteiger partial charge in [-0.05, 0) is 28.9 Å². The third kappa shape index (κ3) is 3.59. The van der Waals surface area contributed by atoms with Crippen molar-refractivity contribution in [3.63, 3.8) is 0 Å². The third-order valence-corrected chi connectivity index (χ3v) is 3.92. The maximum absolute atomic E-state index is 13.9. The first-order valence-corrected chi connectivity index (χ1v) is 7.71. The molecule has 1 aromatic heterocycles. The summed E-state index contributed by atoms with van der Waals surface area (Å²) in [5.41, 5.74) is 0.654. The first-order chi connectivity index (χ1) is 9.90. The van der Waals surface area contributed by atoms with Crippen LogP contribution in [-0.2, 0) is 0 Å². The van der Waals surface area contributed by atoms with Gasteiger partial charge in [-0.15, -0.1) is 0 Å². The van der Waals surface area contributed by atoms with E-state index in [2.05, 4.69) is 25.9 Å². The minimum absolute atomic E-state index is 0.118. The molecule has 1 heterocycles. The fourth-order valence-electron chi connectivity index (χ4n) is 2.08. The molecular weight excluding hydrogens is 333 g/mol. The van der Waals surface area contributed by atoms with Crippen molar-refractivity contribution in [2.75, 3.05) is 11.9 Å². The van der Waals surface area contributed by atoms with Crippen molar-refractivity contribution in [2.24, 2.45) is 0 Å². The summed E-state index contributed by atoms with van der Waals surface area (Å²) in [7, 11) is 1.91. The second kappa shape index (κ2) is 6.52. The van der Waals surface area contributed by atoms with E-state index in [-0.39, 0.29) is 17.8 Å². The van der Waals surface area contributed by atoms with Crippen molar-refractivity contribution < 1.29 is 4.39 Å². The lowest BCUT2D eigenvalue weighted by Gasteiger charge is -2.27. The molecule has 0 aliphatic rings. The van der Waals surface area contributed by atoms with Gasteiger partial charge in [-0.1, -0.05) is 32.0 Å². The maximum Gasteiger partial charge on any atom is 0.134 e. The zero-order valence-electron chi connectivity index (χ0n) is 12.6. The number of hydrogen-bond donors (Lipinski definition) is 0. The lowest BCUT2D eigenvalue weighted by atomic mass is 10.1. The fourth-order valence-corrected chi connectivity index (χ4v) is 2.47. The smallest absolute Gasteiger partial charge is 0.134 e. The molecule has 0 spiro atoms. The fraction of sp³-hybridized carbons (Fsp3) is 0.375. The number of anilines is 1. The number of hydrogen-bond acceptors (Lipinski definition) is 3. The lowest BCUT2D eigenvalue weighted by molar-refractivity contribution is 0.583. The molecule has 112 valence electrons. The zero-order chi connectivity index (χ0) is 15.6. The minimum atomic E-state index is -0.200. The number of benzene rings is 1. The van der Waals surface area contributed by atoms with Gasteiger partial charge in [0, 0.05) is 24.6 Å². The Hall–Kier alpha value is -1.49. The summed E-state index contributed by atoms with van der Waals surface area (Å²) in [6, 6.07) is 8.56. The van der Waals surface area contributed by atoms with Gasteiger partial charge >= 0.3 is 0 Å². The van der Waals surface area contributed by atoms with E-state index in [0.717, 1.165) is 16.2 Å². The van der Waals surface area contributed by atoms with Crippen LogP contribution in [0.1, 0.15) is 44.1 Å². The number of rotatable bonds is 4. The Morgan fingerprint density at radius 1 is 1.14 bits per heavy atom. The Morgan fingerprint density at radius 3 is 2.43 bits per heavy atom. The topological polar surface area (TPSA) is 29.0 Å². The van der Waals surface area contributed by atoms with Crippen LogP contribution in [-0.4, -0.2) is 17.0 Å². The number of nitrogens with zero attached hydrogens (tertiary/aromatic N) is 3. The predicted octanol–water partition coefficient (Wildman–Crippen LogP) is 4.70. The normalized spacial score (nSPS) is 12.5. The molecule has 2 rings (SSSR count). The Balaban J connectivity index is 2.35. The van der Waals surface area contributed by atoms with E-state index in [1.165, 1.54) is 6.07 Å². The van der Waals surface area contributed by atoms with Crippen LogP contribution in [0, 0.1) is 5.82 Å². The molecule has 1 unspecified atom stereocenters. The second-order valence-corrected chi connectivity index (χ2v) is 6.18. The first kappa shape index (κ1) is 15.9. The van der Waals surface area contributed by atoms with Gasteiger partial charge < -0.3 is 4.90 Å². The van der Waals surface area contributed by atoms with E-state index in [4.69, 9.17) is 0 Å². The molecule has 0 N–H and O–H groups in total. The van der Waals surface area contributed by atoms with Gasteiger partial charge in [-0.2, -0.15) is 0 Å². The molecular formula is C16H19BrFN3. The summed E-state index contributed by atoms with van der Waals surface area (Å²) < 4.78 is 14.7. The van der Waals surface area contributed by atoms with Crippen molar-refractivity contribution >= 4 is 21.7 Å². The number of halogens is 2. The summed E-state index contributed by atoms with van der Waals surface area (Å²) in [5, 5.41) is 0.